The van der Waals surface area contributed by atoms with Gasteiger partial charge in [-0.3, -0.25) is 4.79 Å². The lowest BCUT2D eigenvalue weighted by atomic mass is 10.1. The van der Waals surface area contributed by atoms with E-state index in [1.54, 1.807) is 0 Å². The summed E-state index contributed by atoms with van der Waals surface area (Å²) in [5.74, 6) is 0.0802. The molecule has 1 aromatic rings. The molecule has 0 aliphatic carbocycles. The van der Waals surface area contributed by atoms with Gasteiger partial charge in [-0.1, -0.05) is 12.1 Å². The van der Waals surface area contributed by atoms with Gasteiger partial charge < -0.3 is 15.8 Å². The highest BCUT2D eigenvalue weighted by Crippen LogP contribution is 2.12. The van der Waals surface area contributed by atoms with Crippen LogP contribution in [0.15, 0.2) is 24.3 Å². The van der Waals surface area contributed by atoms with Crippen molar-refractivity contribution in [2.45, 2.75) is 38.2 Å². The molecule has 1 unspecified atom stereocenters. The molecule has 0 aromatic heterocycles. The second-order valence-electron chi connectivity index (χ2n) is 5.04. The molecule has 4 heteroatoms. The molecule has 1 aromatic carbocycles. The molecule has 4 nitrogen and oxygen atoms in total. The van der Waals surface area contributed by atoms with Crippen molar-refractivity contribution < 1.29 is 9.53 Å². The van der Waals surface area contributed by atoms with Crippen molar-refractivity contribution in [2.24, 2.45) is 0 Å². The Morgan fingerprint density at radius 3 is 3.05 bits per heavy atom. The maximum absolute atomic E-state index is 11.7. The van der Waals surface area contributed by atoms with Crippen LogP contribution < -0.4 is 11.1 Å². The number of anilines is 1. The summed E-state index contributed by atoms with van der Waals surface area (Å²) in [7, 11) is 0. The zero-order valence-corrected chi connectivity index (χ0v) is 11.2. The lowest BCUT2D eigenvalue weighted by Gasteiger charge is -2.22. The van der Waals surface area contributed by atoms with E-state index in [0.29, 0.717) is 13.0 Å². The fourth-order valence-electron chi connectivity index (χ4n) is 2.29. The van der Waals surface area contributed by atoms with Crippen LogP contribution in [-0.4, -0.2) is 25.2 Å². The molecule has 1 fully saturated rings. The molecule has 2 rings (SSSR count). The smallest absolute Gasteiger partial charge is 0.220 e. The molecule has 19 heavy (non-hydrogen) atoms. The number of carbonyl (C=O) groups excluding carboxylic acids is 1. The van der Waals surface area contributed by atoms with Gasteiger partial charge in [-0.2, -0.15) is 0 Å². The summed E-state index contributed by atoms with van der Waals surface area (Å²) in [6.07, 6.45) is 4.81. The average Bonchev–Trinajstić information content (AvgIpc) is 2.44. The van der Waals surface area contributed by atoms with E-state index in [1.165, 1.54) is 6.42 Å². The van der Waals surface area contributed by atoms with Gasteiger partial charge in [-0.05, 0) is 43.4 Å². The first-order valence-electron chi connectivity index (χ1n) is 6.97. The van der Waals surface area contributed by atoms with Crippen LogP contribution in [0.1, 0.15) is 31.2 Å². The summed E-state index contributed by atoms with van der Waals surface area (Å²) >= 11 is 0. The zero-order valence-electron chi connectivity index (χ0n) is 11.2. The highest BCUT2D eigenvalue weighted by atomic mass is 16.5. The number of amides is 1. The lowest BCUT2D eigenvalue weighted by molar-refractivity contribution is -0.122. The van der Waals surface area contributed by atoms with Gasteiger partial charge in [0.15, 0.2) is 0 Å². The van der Waals surface area contributed by atoms with Crippen molar-refractivity contribution in [3.05, 3.63) is 29.8 Å². The number of hydrogen-bond acceptors (Lipinski definition) is 3. The number of ether oxygens (including phenoxy) is 1. The predicted octanol–water partition coefficient (Wildman–Crippen LogP) is 1.89. The predicted molar refractivity (Wildman–Crippen MR) is 75.8 cm³/mol. The van der Waals surface area contributed by atoms with Crippen LogP contribution in [0.25, 0.3) is 0 Å². The standard InChI is InChI=1S/C15H22N2O2/c16-13-5-3-4-12(10-13)7-8-15(18)17-11-14-6-1-2-9-19-14/h3-5,10,14H,1-2,6-9,11,16H2,(H,17,18). The Hall–Kier alpha value is -1.55. The van der Waals surface area contributed by atoms with E-state index < -0.39 is 0 Å². The zero-order chi connectivity index (χ0) is 13.5. The monoisotopic (exact) mass is 262 g/mol. The fourth-order valence-corrected chi connectivity index (χ4v) is 2.29. The van der Waals surface area contributed by atoms with Gasteiger partial charge in [-0.15, -0.1) is 0 Å². The molecule has 1 aliphatic rings. The minimum absolute atomic E-state index is 0.0802. The highest BCUT2D eigenvalue weighted by Gasteiger charge is 2.14. The third kappa shape index (κ3) is 4.91. The molecule has 0 radical (unpaired) electrons. The summed E-state index contributed by atoms with van der Waals surface area (Å²) in [5.41, 5.74) is 7.55. The first-order chi connectivity index (χ1) is 9.24. The second kappa shape index (κ2) is 7.14. The summed E-state index contributed by atoms with van der Waals surface area (Å²) in [4.78, 5) is 11.7. The highest BCUT2D eigenvalue weighted by molar-refractivity contribution is 5.76. The Balaban J connectivity index is 1.66. The number of hydrogen-bond donors (Lipinski definition) is 2. The Morgan fingerprint density at radius 1 is 1.42 bits per heavy atom. The maximum atomic E-state index is 11.7. The van der Waals surface area contributed by atoms with E-state index in [0.717, 1.165) is 37.1 Å². The summed E-state index contributed by atoms with van der Waals surface area (Å²) in [6.45, 7) is 1.46. The Labute approximate surface area is 114 Å². The Kier molecular flexibility index (Phi) is 5.21. The van der Waals surface area contributed by atoms with Gasteiger partial charge in [0.05, 0.1) is 6.10 Å². The van der Waals surface area contributed by atoms with Crippen LogP contribution in [0.3, 0.4) is 0 Å². The molecule has 104 valence electrons. The third-order valence-corrected chi connectivity index (χ3v) is 3.39. The molecule has 0 bridgehead atoms. The van der Waals surface area contributed by atoms with Crippen LogP contribution in [0.4, 0.5) is 5.69 Å². The first kappa shape index (κ1) is 13.9. The van der Waals surface area contributed by atoms with Crippen LogP contribution in [0, 0.1) is 0 Å². The average molecular weight is 262 g/mol. The minimum Gasteiger partial charge on any atom is -0.399 e. The van der Waals surface area contributed by atoms with Gasteiger partial charge >= 0.3 is 0 Å². The Morgan fingerprint density at radius 2 is 2.32 bits per heavy atom. The molecule has 3 N–H and O–H groups in total. The lowest BCUT2D eigenvalue weighted by Crippen LogP contribution is -2.35. The van der Waals surface area contributed by atoms with Crippen LogP contribution in [0.2, 0.25) is 0 Å². The number of carbonyl (C=O) groups is 1. The Bertz CT molecular complexity index is 414. The van der Waals surface area contributed by atoms with Crippen LogP contribution in [-0.2, 0) is 16.0 Å². The van der Waals surface area contributed by atoms with Crippen molar-refractivity contribution >= 4 is 11.6 Å². The van der Waals surface area contributed by atoms with Gasteiger partial charge in [-0.25, -0.2) is 0 Å². The second-order valence-corrected chi connectivity index (χ2v) is 5.04. The topological polar surface area (TPSA) is 64.4 Å². The SMILES string of the molecule is Nc1cccc(CCC(=O)NCC2CCCCO2)c1. The van der Waals surface area contributed by atoms with Crippen molar-refractivity contribution in [3.8, 4) is 0 Å². The molecule has 0 saturated carbocycles. The summed E-state index contributed by atoms with van der Waals surface area (Å²) < 4.78 is 5.58. The van der Waals surface area contributed by atoms with E-state index in [4.69, 9.17) is 10.5 Å². The van der Waals surface area contributed by atoms with Crippen molar-refractivity contribution in [1.29, 1.82) is 0 Å². The maximum Gasteiger partial charge on any atom is 0.220 e. The van der Waals surface area contributed by atoms with E-state index in [-0.39, 0.29) is 12.0 Å². The van der Waals surface area contributed by atoms with E-state index >= 15 is 0 Å². The summed E-state index contributed by atoms with van der Waals surface area (Å²) in [6, 6.07) is 7.67. The largest absolute Gasteiger partial charge is 0.399 e. The molecular formula is C15H22N2O2. The third-order valence-electron chi connectivity index (χ3n) is 3.39. The molecule has 1 amide bonds. The fraction of sp³-hybridized carbons (Fsp3) is 0.533. The number of nitrogens with one attached hydrogen (secondary N) is 1. The van der Waals surface area contributed by atoms with E-state index in [9.17, 15) is 4.79 Å². The van der Waals surface area contributed by atoms with Crippen molar-refractivity contribution in [3.63, 3.8) is 0 Å². The van der Waals surface area contributed by atoms with E-state index in [2.05, 4.69) is 5.32 Å². The first-order valence-corrected chi connectivity index (χ1v) is 6.97. The number of rotatable bonds is 5. The minimum atomic E-state index is 0.0802. The molecule has 1 aliphatic heterocycles. The normalized spacial score (nSPS) is 19.1. The van der Waals surface area contributed by atoms with Crippen LogP contribution in [0.5, 0.6) is 0 Å². The quantitative estimate of drug-likeness (QED) is 0.796. The molecular weight excluding hydrogens is 240 g/mol. The number of aryl methyl sites for hydroxylation is 1. The van der Waals surface area contributed by atoms with Gasteiger partial charge in [0, 0.05) is 25.3 Å². The van der Waals surface area contributed by atoms with Crippen molar-refractivity contribution in [2.75, 3.05) is 18.9 Å². The number of nitrogens with two attached hydrogens (primary N) is 1. The molecule has 0 spiro atoms. The van der Waals surface area contributed by atoms with Crippen LogP contribution >= 0.6 is 0 Å². The van der Waals surface area contributed by atoms with Gasteiger partial charge in [0.25, 0.3) is 0 Å². The number of benzene rings is 1. The molecule has 1 atom stereocenters. The van der Waals surface area contributed by atoms with Gasteiger partial charge in [0.2, 0.25) is 5.91 Å². The number of nitrogen functional groups attached to an aromatic ring is 1. The van der Waals surface area contributed by atoms with E-state index in [1.807, 2.05) is 24.3 Å². The summed E-state index contributed by atoms with van der Waals surface area (Å²) in [5, 5.41) is 2.94. The molecule has 1 heterocycles. The molecule has 1 saturated heterocycles. The van der Waals surface area contributed by atoms with Gasteiger partial charge in [0.1, 0.15) is 0 Å². The van der Waals surface area contributed by atoms with Crippen molar-refractivity contribution in [1.82, 2.24) is 5.32 Å².